The lowest BCUT2D eigenvalue weighted by Crippen LogP contribution is -2.38. The Morgan fingerprint density at radius 1 is 1.23 bits per heavy atom. The van der Waals surface area contributed by atoms with Crippen LogP contribution >= 0.6 is 0 Å². The maximum Gasteiger partial charge on any atom is 0.243 e. The van der Waals surface area contributed by atoms with Gasteiger partial charge in [0.15, 0.2) is 0 Å². The molecule has 0 radical (unpaired) electrons. The molecule has 0 aliphatic rings. The molecule has 7 heteroatoms. The Labute approximate surface area is 132 Å². The summed E-state index contributed by atoms with van der Waals surface area (Å²) in [6, 6.07) is 6.07. The summed E-state index contributed by atoms with van der Waals surface area (Å²) in [6.45, 7) is 2.46. The number of methoxy groups -OCH3 is 1. The highest BCUT2D eigenvalue weighted by atomic mass is 32.2. The molecule has 1 aromatic rings. The number of amides is 1. The Hall–Kier alpha value is -1.60. The van der Waals surface area contributed by atoms with Crippen LogP contribution in [0.2, 0.25) is 0 Å². The van der Waals surface area contributed by atoms with E-state index < -0.39 is 10.0 Å². The topological polar surface area (TPSA) is 75.7 Å². The Morgan fingerprint density at radius 2 is 1.86 bits per heavy atom. The fourth-order valence-electron chi connectivity index (χ4n) is 1.87. The van der Waals surface area contributed by atoms with E-state index in [1.54, 1.807) is 12.1 Å². The molecule has 0 aliphatic heterocycles. The SMILES string of the molecule is CCCCCNC(=O)CN(C)S(=O)(=O)c1ccc(OC)cc1. The molecule has 1 rings (SSSR count). The average Bonchev–Trinajstić information content (AvgIpc) is 2.51. The Balaban J connectivity index is 2.61. The maximum absolute atomic E-state index is 12.3. The molecule has 6 nitrogen and oxygen atoms in total. The zero-order valence-corrected chi connectivity index (χ0v) is 14.1. The molecule has 0 spiro atoms. The van der Waals surface area contributed by atoms with Gasteiger partial charge in [0.1, 0.15) is 5.75 Å². The van der Waals surface area contributed by atoms with E-state index in [1.165, 1.54) is 26.3 Å². The molecular weight excluding hydrogens is 304 g/mol. The van der Waals surface area contributed by atoms with Gasteiger partial charge in [-0.05, 0) is 30.7 Å². The monoisotopic (exact) mass is 328 g/mol. The predicted octanol–water partition coefficient (Wildman–Crippen LogP) is 1.62. The van der Waals surface area contributed by atoms with Gasteiger partial charge in [-0.1, -0.05) is 19.8 Å². The minimum absolute atomic E-state index is 0.134. The lowest BCUT2D eigenvalue weighted by molar-refractivity contribution is -0.121. The van der Waals surface area contributed by atoms with Crippen molar-refractivity contribution in [2.75, 3.05) is 27.2 Å². The van der Waals surface area contributed by atoms with Crippen molar-refractivity contribution in [3.63, 3.8) is 0 Å². The van der Waals surface area contributed by atoms with Crippen LogP contribution in [0.4, 0.5) is 0 Å². The number of sulfonamides is 1. The van der Waals surface area contributed by atoms with Crippen LogP contribution < -0.4 is 10.1 Å². The lowest BCUT2D eigenvalue weighted by atomic mass is 10.2. The number of likely N-dealkylation sites (N-methyl/N-ethyl adjacent to an activating group) is 1. The number of unbranched alkanes of at least 4 members (excludes halogenated alkanes) is 2. The zero-order chi connectivity index (χ0) is 16.6. The number of nitrogens with zero attached hydrogens (tertiary/aromatic N) is 1. The molecule has 1 amide bonds. The third-order valence-electron chi connectivity index (χ3n) is 3.24. The molecule has 124 valence electrons. The van der Waals surface area contributed by atoms with Gasteiger partial charge in [0.05, 0.1) is 18.6 Å². The average molecular weight is 328 g/mol. The third kappa shape index (κ3) is 5.31. The molecule has 0 heterocycles. The summed E-state index contributed by atoms with van der Waals surface area (Å²) in [4.78, 5) is 11.9. The zero-order valence-electron chi connectivity index (χ0n) is 13.3. The van der Waals surface area contributed by atoms with Gasteiger partial charge in [-0.2, -0.15) is 4.31 Å². The molecule has 22 heavy (non-hydrogen) atoms. The van der Waals surface area contributed by atoms with Gasteiger partial charge >= 0.3 is 0 Å². The van der Waals surface area contributed by atoms with E-state index in [0.717, 1.165) is 23.6 Å². The number of hydrogen-bond acceptors (Lipinski definition) is 4. The standard InChI is InChI=1S/C15H24N2O4S/c1-4-5-6-11-16-15(18)12-17(2)22(19,20)14-9-7-13(21-3)8-10-14/h7-10H,4-6,11-12H2,1-3H3,(H,16,18). The summed E-state index contributed by atoms with van der Waals surface area (Å²) < 4.78 is 30.7. The van der Waals surface area contributed by atoms with Crippen LogP contribution in [0.25, 0.3) is 0 Å². The molecule has 0 aromatic heterocycles. The van der Waals surface area contributed by atoms with Crippen molar-refractivity contribution in [2.24, 2.45) is 0 Å². The van der Waals surface area contributed by atoms with E-state index in [4.69, 9.17) is 4.74 Å². The summed E-state index contributed by atoms with van der Waals surface area (Å²) in [7, 11) is -0.771. The highest BCUT2D eigenvalue weighted by Crippen LogP contribution is 2.18. The van der Waals surface area contributed by atoms with Crippen molar-refractivity contribution in [1.29, 1.82) is 0 Å². The molecule has 0 unspecified atom stereocenters. The highest BCUT2D eigenvalue weighted by Gasteiger charge is 2.22. The van der Waals surface area contributed by atoms with Crippen LogP contribution in [-0.4, -0.2) is 45.9 Å². The molecule has 0 saturated heterocycles. The Bertz CT molecular complexity index is 570. The molecular formula is C15H24N2O4S. The van der Waals surface area contributed by atoms with Crippen molar-refractivity contribution in [2.45, 2.75) is 31.1 Å². The van der Waals surface area contributed by atoms with Gasteiger partial charge in [0.2, 0.25) is 15.9 Å². The van der Waals surface area contributed by atoms with Crippen LogP contribution in [-0.2, 0) is 14.8 Å². The van der Waals surface area contributed by atoms with Crippen molar-refractivity contribution in [3.05, 3.63) is 24.3 Å². The maximum atomic E-state index is 12.3. The fraction of sp³-hybridized carbons (Fsp3) is 0.533. The summed E-state index contributed by atoms with van der Waals surface area (Å²) in [6.07, 6.45) is 3.01. The molecule has 0 saturated carbocycles. The van der Waals surface area contributed by atoms with E-state index in [2.05, 4.69) is 12.2 Å². The second kappa shape index (κ2) is 8.75. The third-order valence-corrected chi connectivity index (χ3v) is 5.05. The van der Waals surface area contributed by atoms with Crippen LogP contribution in [0.15, 0.2) is 29.2 Å². The summed E-state index contributed by atoms with van der Waals surface area (Å²) in [5.41, 5.74) is 0. The number of hydrogen-bond donors (Lipinski definition) is 1. The summed E-state index contributed by atoms with van der Waals surface area (Å²) in [5.74, 6) is 0.283. The smallest absolute Gasteiger partial charge is 0.243 e. The van der Waals surface area contributed by atoms with Gasteiger partial charge in [-0.15, -0.1) is 0 Å². The molecule has 0 bridgehead atoms. The van der Waals surface area contributed by atoms with Crippen LogP contribution in [0, 0.1) is 0 Å². The number of rotatable bonds is 9. The Kier molecular flexibility index (Phi) is 7.34. The van der Waals surface area contributed by atoms with E-state index in [-0.39, 0.29) is 17.3 Å². The first kappa shape index (κ1) is 18.4. The number of nitrogens with one attached hydrogen (secondary N) is 1. The number of ether oxygens (including phenoxy) is 1. The normalized spacial score (nSPS) is 11.5. The first-order chi connectivity index (χ1) is 10.4. The number of benzene rings is 1. The predicted molar refractivity (Wildman–Crippen MR) is 85.3 cm³/mol. The van der Waals surface area contributed by atoms with Crippen molar-refractivity contribution < 1.29 is 17.9 Å². The lowest BCUT2D eigenvalue weighted by Gasteiger charge is -2.17. The minimum Gasteiger partial charge on any atom is -0.497 e. The van der Waals surface area contributed by atoms with E-state index in [0.29, 0.717) is 12.3 Å². The van der Waals surface area contributed by atoms with Crippen LogP contribution in [0.1, 0.15) is 26.2 Å². The van der Waals surface area contributed by atoms with Crippen LogP contribution in [0.3, 0.4) is 0 Å². The minimum atomic E-state index is -3.68. The second-order valence-electron chi connectivity index (χ2n) is 4.99. The van der Waals surface area contributed by atoms with Gasteiger partial charge in [-0.3, -0.25) is 4.79 Å². The molecule has 0 atom stereocenters. The van der Waals surface area contributed by atoms with E-state index >= 15 is 0 Å². The summed E-state index contributed by atoms with van der Waals surface area (Å²) in [5, 5.41) is 2.73. The summed E-state index contributed by atoms with van der Waals surface area (Å²) >= 11 is 0. The molecule has 0 aliphatic carbocycles. The first-order valence-corrected chi connectivity index (χ1v) is 8.73. The fourth-order valence-corrected chi connectivity index (χ4v) is 3.00. The molecule has 0 fully saturated rings. The highest BCUT2D eigenvalue weighted by molar-refractivity contribution is 7.89. The molecule has 1 N–H and O–H groups in total. The van der Waals surface area contributed by atoms with E-state index in [1.807, 2.05) is 0 Å². The van der Waals surface area contributed by atoms with Crippen molar-refractivity contribution in [3.8, 4) is 5.75 Å². The number of carbonyl (C=O) groups is 1. The quantitative estimate of drug-likeness (QED) is 0.699. The van der Waals surface area contributed by atoms with Crippen LogP contribution in [0.5, 0.6) is 5.75 Å². The second-order valence-corrected chi connectivity index (χ2v) is 7.04. The first-order valence-electron chi connectivity index (χ1n) is 7.29. The largest absolute Gasteiger partial charge is 0.497 e. The van der Waals surface area contributed by atoms with Gasteiger partial charge in [-0.25, -0.2) is 8.42 Å². The van der Waals surface area contributed by atoms with Crippen molar-refractivity contribution >= 4 is 15.9 Å². The van der Waals surface area contributed by atoms with Gasteiger partial charge < -0.3 is 10.1 Å². The van der Waals surface area contributed by atoms with Crippen molar-refractivity contribution in [1.82, 2.24) is 9.62 Å². The Morgan fingerprint density at radius 3 is 2.41 bits per heavy atom. The number of carbonyl (C=O) groups excluding carboxylic acids is 1. The van der Waals surface area contributed by atoms with Gasteiger partial charge in [0.25, 0.3) is 0 Å². The molecule has 1 aromatic carbocycles. The van der Waals surface area contributed by atoms with Gasteiger partial charge in [0, 0.05) is 13.6 Å². The van der Waals surface area contributed by atoms with E-state index in [9.17, 15) is 13.2 Å².